The number of likely N-dealkylation sites (N-methyl/N-ethyl adjacent to an activating group) is 1. The maximum Gasteiger partial charge on any atom is 0.0136 e. The predicted molar refractivity (Wildman–Crippen MR) is 65.3 cm³/mol. The summed E-state index contributed by atoms with van der Waals surface area (Å²) in [5, 5.41) is 3.48. The van der Waals surface area contributed by atoms with Gasteiger partial charge in [0.15, 0.2) is 0 Å². The first kappa shape index (κ1) is 10.7. The molecule has 0 fully saturated rings. The predicted octanol–water partition coefficient (Wildman–Crippen LogP) is 3.10. The van der Waals surface area contributed by atoms with Gasteiger partial charge >= 0.3 is 0 Å². The van der Waals surface area contributed by atoms with Gasteiger partial charge in [-0.2, -0.15) is 0 Å². The molecule has 0 saturated carbocycles. The standard InChI is InChI=1S/C14H21N/c1-3-4-9-14(15-2)13-10-11-7-5-6-8-12(11)13/h5-8,13-15H,3-4,9-10H2,1-2H3. The summed E-state index contributed by atoms with van der Waals surface area (Å²) in [6, 6.07) is 9.55. The molecule has 0 bridgehead atoms. The maximum atomic E-state index is 3.48. The molecule has 2 atom stereocenters. The summed E-state index contributed by atoms with van der Waals surface area (Å²) >= 11 is 0. The van der Waals surface area contributed by atoms with Crippen LogP contribution in [0.1, 0.15) is 43.2 Å². The van der Waals surface area contributed by atoms with Crippen molar-refractivity contribution in [2.24, 2.45) is 0 Å². The third-order valence-corrected chi connectivity index (χ3v) is 3.62. The number of hydrogen-bond acceptors (Lipinski definition) is 1. The Labute approximate surface area is 92.9 Å². The van der Waals surface area contributed by atoms with Crippen molar-refractivity contribution in [3.8, 4) is 0 Å². The molecule has 0 amide bonds. The molecule has 0 aromatic heterocycles. The fourth-order valence-corrected chi connectivity index (χ4v) is 2.63. The van der Waals surface area contributed by atoms with E-state index in [0.29, 0.717) is 6.04 Å². The SMILES string of the molecule is CCCCC(NC)C1Cc2ccccc21. The van der Waals surface area contributed by atoms with Crippen molar-refractivity contribution in [3.63, 3.8) is 0 Å². The third kappa shape index (κ3) is 2.07. The van der Waals surface area contributed by atoms with Gasteiger partial charge in [0.05, 0.1) is 0 Å². The molecule has 2 unspecified atom stereocenters. The topological polar surface area (TPSA) is 12.0 Å². The molecule has 1 aliphatic carbocycles. The van der Waals surface area contributed by atoms with E-state index in [-0.39, 0.29) is 0 Å². The van der Waals surface area contributed by atoms with Crippen molar-refractivity contribution in [2.75, 3.05) is 7.05 Å². The van der Waals surface area contributed by atoms with Crippen molar-refractivity contribution >= 4 is 0 Å². The number of benzene rings is 1. The van der Waals surface area contributed by atoms with E-state index in [2.05, 4.69) is 43.6 Å². The molecule has 15 heavy (non-hydrogen) atoms. The molecule has 0 heterocycles. The Morgan fingerprint density at radius 1 is 1.40 bits per heavy atom. The van der Waals surface area contributed by atoms with Crippen LogP contribution >= 0.6 is 0 Å². The van der Waals surface area contributed by atoms with Crippen LogP contribution in [0.15, 0.2) is 24.3 Å². The van der Waals surface area contributed by atoms with Crippen molar-refractivity contribution in [1.29, 1.82) is 0 Å². The van der Waals surface area contributed by atoms with Crippen LogP contribution < -0.4 is 5.32 Å². The Kier molecular flexibility index (Phi) is 3.42. The molecule has 0 aliphatic heterocycles. The second kappa shape index (κ2) is 4.80. The van der Waals surface area contributed by atoms with Crippen LogP contribution in [0.25, 0.3) is 0 Å². The van der Waals surface area contributed by atoms with Crippen LogP contribution in [0.4, 0.5) is 0 Å². The van der Waals surface area contributed by atoms with Gasteiger partial charge in [0, 0.05) is 12.0 Å². The minimum atomic E-state index is 0.680. The van der Waals surface area contributed by atoms with Crippen molar-refractivity contribution in [2.45, 2.75) is 44.6 Å². The lowest BCUT2D eigenvalue weighted by molar-refractivity contribution is 0.392. The summed E-state index contributed by atoms with van der Waals surface area (Å²) in [5.74, 6) is 0.762. The molecular weight excluding hydrogens is 182 g/mol. The first-order chi connectivity index (χ1) is 7.36. The Morgan fingerprint density at radius 3 is 2.87 bits per heavy atom. The van der Waals surface area contributed by atoms with Gasteiger partial charge < -0.3 is 5.32 Å². The van der Waals surface area contributed by atoms with Crippen LogP contribution in [-0.2, 0) is 6.42 Å². The lowest BCUT2D eigenvalue weighted by atomic mass is 9.72. The van der Waals surface area contributed by atoms with Crippen molar-refractivity contribution < 1.29 is 0 Å². The molecule has 1 aromatic rings. The molecule has 1 N–H and O–H groups in total. The Balaban J connectivity index is 2.01. The first-order valence-corrected chi connectivity index (χ1v) is 6.12. The van der Waals surface area contributed by atoms with Crippen LogP contribution in [0.2, 0.25) is 0 Å². The van der Waals surface area contributed by atoms with E-state index in [9.17, 15) is 0 Å². The van der Waals surface area contributed by atoms with Gasteiger partial charge in [-0.25, -0.2) is 0 Å². The minimum Gasteiger partial charge on any atom is -0.316 e. The molecule has 0 radical (unpaired) electrons. The molecular formula is C14H21N. The number of hydrogen-bond donors (Lipinski definition) is 1. The second-order valence-electron chi connectivity index (χ2n) is 4.55. The Bertz CT molecular complexity index is 319. The summed E-state index contributed by atoms with van der Waals surface area (Å²) in [7, 11) is 2.10. The monoisotopic (exact) mass is 203 g/mol. The zero-order valence-electron chi connectivity index (χ0n) is 9.79. The zero-order valence-corrected chi connectivity index (χ0v) is 9.79. The summed E-state index contributed by atoms with van der Waals surface area (Å²) in [6.45, 7) is 2.27. The summed E-state index contributed by atoms with van der Waals surface area (Å²) in [5.41, 5.74) is 3.13. The van der Waals surface area contributed by atoms with Crippen molar-refractivity contribution in [3.05, 3.63) is 35.4 Å². The summed E-state index contributed by atoms with van der Waals surface area (Å²) in [6.07, 6.45) is 5.22. The van der Waals surface area contributed by atoms with E-state index < -0.39 is 0 Å². The highest BCUT2D eigenvalue weighted by atomic mass is 14.9. The smallest absolute Gasteiger partial charge is 0.0136 e. The minimum absolute atomic E-state index is 0.680. The summed E-state index contributed by atoms with van der Waals surface area (Å²) < 4.78 is 0. The van der Waals surface area contributed by atoms with Gasteiger partial charge in [-0.1, -0.05) is 44.0 Å². The highest BCUT2D eigenvalue weighted by molar-refractivity contribution is 5.41. The van der Waals surface area contributed by atoms with Gasteiger partial charge in [0.2, 0.25) is 0 Å². The molecule has 82 valence electrons. The van der Waals surface area contributed by atoms with E-state index in [1.807, 2.05) is 0 Å². The van der Waals surface area contributed by atoms with Crippen LogP contribution in [0.5, 0.6) is 0 Å². The molecule has 1 nitrogen and oxygen atoms in total. The zero-order chi connectivity index (χ0) is 10.7. The van der Waals surface area contributed by atoms with Gasteiger partial charge in [-0.05, 0) is 31.0 Å². The lowest BCUT2D eigenvalue weighted by Crippen LogP contribution is -2.38. The fourth-order valence-electron chi connectivity index (χ4n) is 2.63. The van der Waals surface area contributed by atoms with Crippen LogP contribution in [-0.4, -0.2) is 13.1 Å². The normalized spacial score (nSPS) is 20.5. The van der Waals surface area contributed by atoms with Crippen LogP contribution in [0, 0.1) is 0 Å². The van der Waals surface area contributed by atoms with Crippen LogP contribution in [0.3, 0.4) is 0 Å². The number of unbranched alkanes of at least 4 members (excludes halogenated alkanes) is 1. The Hall–Kier alpha value is -0.820. The average molecular weight is 203 g/mol. The maximum absolute atomic E-state index is 3.48. The number of nitrogens with one attached hydrogen (secondary N) is 1. The molecule has 0 saturated heterocycles. The largest absolute Gasteiger partial charge is 0.316 e. The van der Waals surface area contributed by atoms with Gasteiger partial charge in [-0.3, -0.25) is 0 Å². The molecule has 1 aromatic carbocycles. The van der Waals surface area contributed by atoms with E-state index in [1.54, 1.807) is 11.1 Å². The fraction of sp³-hybridized carbons (Fsp3) is 0.571. The second-order valence-corrected chi connectivity index (χ2v) is 4.55. The van der Waals surface area contributed by atoms with E-state index >= 15 is 0 Å². The van der Waals surface area contributed by atoms with Gasteiger partial charge in [0.25, 0.3) is 0 Å². The lowest BCUT2D eigenvalue weighted by Gasteiger charge is -2.36. The van der Waals surface area contributed by atoms with Crippen molar-refractivity contribution in [1.82, 2.24) is 5.32 Å². The number of fused-ring (bicyclic) bond motifs is 1. The average Bonchev–Trinajstić information content (AvgIpc) is 2.24. The molecule has 2 rings (SSSR count). The highest BCUT2D eigenvalue weighted by Crippen LogP contribution is 2.38. The summed E-state index contributed by atoms with van der Waals surface area (Å²) in [4.78, 5) is 0. The van der Waals surface area contributed by atoms with Gasteiger partial charge in [0.1, 0.15) is 0 Å². The number of rotatable bonds is 5. The molecule has 0 spiro atoms. The quantitative estimate of drug-likeness (QED) is 0.775. The first-order valence-electron chi connectivity index (χ1n) is 6.12. The van der Waals surface area contributed by atoms with E-state index in [0.717, 1.165) is 5.92 Å². The Morgan fingerprint density at radius 2 is 2.20 bits per heavy atom. The van der Waals surface area contributed by atoms with Gasteiger partial charge in [-0.15, -0.1) is 0 Å². The highest BCUT2D eigenvalue weighted by Gasteiger charge is 2.31. The molecule has 1 heteroatoms. The molecule has 1 aliphatic rings. The van der Waals surface area contributed by atoms with E-state index in [4.69, 9.17) is 0 Å². The third-order valence-electron chi connectivity index (χ3n) is 3.62. The van der Waals surface area contributed by atoms with E-state index in [1.165, 1.54) is 25.7 Å².